The van der Waals surface area contributed by atoms with Crippen molar-refractivity contribution >= 4 is 56.5 Å². The van der Waals surface area contributed by atoms with Gasteiger partial charge in [0.25, 0.3) is 5.56 Å². The molecule has 0 fully saturated rings. The van der Waals surface area contributed by atoms with Gasteiger partial charge in [-0.3, -0.25) is 14.2 Å². The van der Waals surface area contributed by atoms with Gasteiger partial charge < -0.3 is 5.32 Å². The van der Waals surface area contributed by atoms with E-state index in [1.807, 2.05) is 19.9 Å². The number of hydrogen-bond donors (Lipinski definition) is 1. The predicted molar refractivity (Wildman–Crippen MR) is 120 cm³/mol. The summed E-state index contributed by atoms with van der Waals surface area (Å²) in [5.41, 5.74) is 1.49. The maximum atomic E-state index is 12.8. The molecule has 154 valence electrons. The molecule has 4 rings (SSSR count). The number of halogens is 2. The Hall–Kier alpha value is -2.68. The summed E-state index contributed by atoms with van der Waals surface area (Å²) >= 11 is 13.6. The molecule has 1 N–H and O–H groups in total. The summed E-state index contributed by atoms with van der Waals surface area (Å²) in [4.78, 5) is 31.4. The number of aryl methyl sites for hydroxylation is 2. The highest BCUT2D eigenvalue weighted by atomic mass is 35.5. The van der Waals surface area contributed by atoms with Gasteiger partial charge in [-0.25, -0.2) is 9.67 Å². The third-order valence-electron chi connectivity index (χ3n) is 4.79. The average Bonchev–Trinajstić information content (AvgIpc) is 3.24. The maximum Gasteiger partial charge on any atom is 0.262 e. The molecular formula is C20H17Cl2N5O2S. The minimum atomic E-state index is -0.355. The third kappa shape index (κ3) is 3.98. The number of nitrogens with one attached hydrogen (secondary N) is 1. The molecule has 0 saturated carbocycles. The second-order valence-corrected chi connectivity index (χ2v) is 8.85. The Kier molecular flexibility index (Phi) is 5.64. The highest BCUT2D eigenvalue weighted by molar-refractivity contribution is 7.18. The summed E-state index contributed by atoms with van der Waals surface area (Å²) < 4.78 is 2.93. The van der Waals surface area contributed by atoms with Crippen molar-refractivity contribution < 1.29 is 4.79 Å². The van der Waals surface area contributed by atoms with Crippen molar-refractivity contribution in [1.29, 1.82) is 0 Å². The van der Waals surface area contributed by atoms with E-state index in [9.17, 15) is 9.59 Å². The van der Waals surface area contributed by atoms with Gasteiger partial charge in [0, 0.05) is 21.0 Å². The number of thiophene rings is 1. The van der Waals surface area contributed by atoms with Gasteiger partial charge in [0.15, 0.2) is 0 Å². The van der Waals surface area contributed by atoms with Crippen LogP contribution in [0.25, 0.3) is 10.2 Å². The average molecular weight is 462 g/mol. The number of amides is 1. The lowest BCUT2D eigenvalue weighted by Gasteiger charge is -2.11. The van der Waals surface area contributed by atoms with Crippen molar-refractivity contribution in [3.8, 4) is 0 Å². The molecule has 0 aliphatic carbocycles. The van der Waals surface area contributed by atoms with Crippen molar-refractivity contribution in [1.82, 2.24) is 19.3 Å². The first-order valence-electron chi connectivity index (χ1n) is 9.04. The van der Waals surface area contributed by atoms with Gasteiger partial charge >= 0.3 is 0 Å². The largest absolute Gasteiger partial charge is 0.309 e. The highest BCUT2D eigenvalue weighted by Gasteiger charge is 2.15. The number of aromatic nitrogens is 4. The van der Waals surface area contributed by atoms with E-state index in [4.69, 9.17) is 23.2 Å². The monoisotopic (exact) mass is 461 g/mol. The molecule has 7 nitrogen and oxygen atoms in total. The smallest absolute Gasteiger partial charge is 0.262 e. The molecule has 0 spiro atoms. The number of anilines is 1. The Morgan fingerprint density at radius 3 is 2.80 bits per heavy atom. The minimum absolute atomic E-state index is 0.150. The van der Waals surface area contributed by atoms with E-state index in [2.05, 4.69) is 15.4 Å². The zero-order chi connectivity index (χ0) is 21.4. The van der Waals surface area contributed by atoms with Crippen LogP contribution in [0.3, 0.4) is 0 Å². The molecule has 1 aromatic carbocycles. The first-order chi connectivity index (χ1) is 14.3. The topological polar surface area (TPSA) is 81.8 Å². The number of benzene rings is 1. The van der Waals surface area contributed by atoms with Crippen LogP contribution in [0.2, 0.25) is 10.0 Å². The Labute approximate surface area is 185 Å². The number of nitrogens with zero attached hydrogens (tertiary/aromatic N) is 4. The van der Waals surface area contributed by atoms with Crippen molar-refractivity contribution in [2.45, 2.75) is 26.9 Å². The van der Waals surface area contributed by atoms with E-state index in [1.165, 1.54) is 22.2 Å². The fraction of sp³-hybridized carbons (Fsp3) is 0.200. The quantitative estimate of drug-likeness (QED) is 0.481. The van der Waals surface area contributed by atoms with Crippen molar-refractivity contribution in [3.05, 3.63) is 73.2 Å². The van der Waals surface area contributed by atoms with Crippen molar-refractivity contribution in [2.75, 3.05) is 5.32 Å². The number of carbonyl (C=O) groups is 1. The van der Waals surface area contributed by atoms with Gasteiger partial charge in [-0.1, -0.05) is 29.3 Å². The molecule has 0 aliphatic rings. The van der Waals surface area contributed by atoms with E-state index in [-0.39, 0.29) is 18.0 Å². The zero-order valence-corrected chi connectivity index (χ0v) is 18.5. The van der Waals surface area contributed by atoms with E-state index in [0.29, 0.717) is 32.6 Å². The van der Waals surface area contributed by atoms with Crippen LogP contribution in [-0.2, 0) is 17.9 Å². The number of fused-ring (bicyclic) bond motifs is 1. The van der Waals surface area contributed by atoms with Crippen LogP contribution in [0.1, 0.15) is 16.0 Å². The Bertz CT molecular complexity index is 1320. The number of hydrogen-bond acceptors (Lipinski definition) is 5. The Morgan fingerprint density at radius 2 is 2.03 bits per heavy atom. The molecular weight excluding hydrogens is 445 g/mol. The molecule has 0 unspecified atom stereocenters. The summed E-state index contributed by atoms with van der Waals surface area (Å²) in [6.07, 6.45) is 2.99. The van der Waals surface area contributed by atoms with Crippen LogP contribution >= 0.6 is 34.5 Å². The minimum Gasteiger partial charge on any atom is -0.309 e. The summed E-state index contributed by atoms with van der Waals surface area (Å²) in [6, 6.07) is 6.89. The van der Waals surface area contributed by atoms with Crippen molar-refractivity contribution in [3.63, 3.8) is 0 Å². The van der Waals surface area contributed by atoms with E-state index >= 15 is 0 Å². The molecule has 0 bridgehead atoms. The van der Waals surface area contributed by atoms with Gasteiger partial charge in [-0.15, -0.1) is 11.3 Å². The molecule has 30 heavy (non-hydrogen) atoms. The normalized spacial score (nSPS) is 11.2. The van der Waals surface area contributed by atoms with E-state index < -0.39 is 0 Å². The van der Waals surface area contributed by atoms with Gasteiger partial charge in [-0.05, 0) is 37.1 Å². The highest BCUT2D eigenvalue weighted by Crippen LogP contribution is 2.25. The SMILES string of the molecule is Cc1sc2ncn(CC(=O)Nc3ccnn3Cc3ccc(Cl)cc3Cl)c(=O)c2c1C. The summed E-state index contributed by atoms with van der Waals surface area (Å²) in [6.45, 7) is 4.05. The summed E-state index contributed by atoms with van der Waals surface area (Å²) in [7, 11) is 0. The van der Waals surface area contributed by atoms with Gasteiger partial charge in [0.2, 0.25) is 5.91 Å². The molecule has 1 amide bonds. The van der Waals surface area contributed by atoms with Crippen LogP contribution in [0.5, 0.6) is 0 Å². The second-order valence-electron chi connectivity index (χ2n) is 6.80. The predicted octanol–water partition coefficient (Wildman–Crippen LogP) is 4.27. The van der Waals surface area contributed by atoms with Crippen LogP contribution in [0, 0.1) is 13.8 Å². The van der Waals surface area contributed by atoms with Crippen LogP contribution in [-0.4, -0.2) is 25.2 Å². The second kappa shape index (κ2) is 8.22. The van der Waals surface area contributed by atoms with Gasteiger partial charge in [0.1, 0.15) is 17.2 Å². The molecule has 3 heterocycles. The Balaban J connectivity index is 1.52. The standard InChI is InChI=1S/C20H17Cl2N5O2S/c1-11-12(2)30-19-18(11)20(29)26(10-23-19)9-17(28)25-16-5-6-24-27(16)8-13-3-4-14(21)7-15(13)22/h3-7,10H,8-9H2,1-2H3,(H,25,28). The molecule has 4 aromatic rings. The first kappa shape index (κ1) is 20.6. The third-order valence-corrected chi connectivity index (χ3v) is 6.49. The lowest BCUT2D eigenvalue weighted by atomic mass is 10.2. The lowest BCUT2D eigenvalue weighted by molar-refractivity contribution is -0.116. The summed E-state index contributed by atoms with van der Waals surface area (Å²) in [5.74, 6) is 0.141. The van der Waals surface area contributed by atoms with Crippen LogP contribution in [0.15, 0.2) is 41.6 Å². The van der Waals surface area contributed by atoms with E-state index in [1.54, 1.807) is 29.1 Å². The Morgan fingerprint density at radius 1 is 1.23 bits per heavy atom. The maximum absolute atomic E-state index is 12.8. The fourth-order valence-electron chi connectivity index (χ4n) is 3.10. The molecule has 0 radical (unpaired) electrons. The molecule has 0 aliphatic heterocycles. The number of rotatable bonds is 5. The molecule has 3 aromatic heterocycles. The lowest BCUT2D eigenvalue weighted by Crippen LogP contribution is -2.28. The molecule has 10 heteroatoms. The first-order valence-corrected chi connectivity index (χ1v) is 10.6. The fourth-order valence-corrected chi connectivity index (χ4v) is 4.55. The number of carbonyl (C=O) groups excluding carboxylic acids is 1. The zero-order valence-electron chi connectivity index (χ0n) is 16.1. The van der Waals surface area contributed by atoms with Crippen LogP contribution in [0.4, 0.5) is 5.82 Å². The van der Waals surface area contributed by atoms with E-state index in [0.717, 1.165) is 16.0 Å². The van der Waals surface area contributed by atoms with Crippen LogP contribution < -0.4 is 10.9 Å². The molecule has 0 atom stereocenters. The summed E-state index contributed by atoms with van der Waals surface area (Å²) in [5, 5.41) is 8.66. The van der Waals surface area contributed by atoms with Gasteiger partial charge in [-0.2, -0.15) is 5.10 Å². The van der Waals surface area contributed by atoms with Crippen molar-refractivity contribution in [2.24, 2.45) is 0 Å². The van der Waals surface area contributed by atoms with Gasteiger partial charge in [0.05, 0.1) is 24.5 Å². The molecule has 0 saturated heterocycles.